The van der Waals surface area contributed by atoms with Crippen molar-refractivity contribution >= 4 is 42.3 Å². The highest BCUT2D eigenvalue weighted by Crippen LogP contribution is 2.40. The number of benzene rings is 3. The summed E-state index contributed by atoms with van der Waals surface area (Å²) in [6, 6.07) is 29.7. The molecule has 3 aromatic carbocycles. The lowest BCUT2D eigenvalue weighted by molar-refractivity contribution is -0.141. The van der Waals surface area contributed by atoms with Crippen LogP contribution in [0.5, 0.6) is 5.75 Å². The lowest BCUT2D eigenvalue weighted by Crippen LogP contribution is -2.68. The van der Waals surface area contributed by atoms with E-state index in [0.717, 1.165) is 17.7 Å². The average Bonchev–Trinajstić information content (AvgIpc) is 2.94. The van der Waals surface area contributed by atoms with E-state index in [1.165, 1.54) is 17.5 Å². The maximum atomic E-state index is 12.6. The van der Waals surface area contributed by atoms with Crippen molar-refractivity contribution in [1.29, 1.82) is 0 Å². The Morgan fingerprint density at radius 3 is 1.95 bits per heavy atom. The minimum atomic E-state index is -2.79. The Labute approximate surface area is 264 Å². The first-order chi connectivity index (χ1) is 20.2. The van der Waals surface area contributed by atoms with Crippen molar-refractivity contribution in [3.05, 3.63) is 90.5 Å². The van der Waals surface area contributed by atoms with Crippen LogP contribution in [0.4, 0.5) is 0 Å². The largest absolute Gasteiger partial charge is 0.534 e. The zero-order valence-corrected chi connectivity index (χ0v) is 28.9. The molecule has 7 heteroatoms. The molecule has 0 aromatic heterocycles. The van der Waals surface area contributed by atoms with Crippen molar-refractivity contribution in [2.24, 2.45) is 5.92 Å². The fourth-order valence-corrected chi connectivity index (χ4v) is 11.3. The number of hydrogen-bond donors (Lipinski definition) is 1. The van der Waals surface area contributed by atoms with E-state index < -0.39 is 8.32 Å². The summed E-state index contributed by atoms with van der Waals surface area (Å²) in [5, 5.41) is 5.44. The molecule has 0 heterocycles. The number of esters is 1. The summed E-state index contributed by atoms with van der Waals surface area (Å²) >= 11 is 1.76. The lowest BCUT2D eigenvalue weighted by atomic mass is 9.97. The van der Waals surface area contributed by atoms with Gasteiger partial charge in [-0.05, 0) is 66.2 Å². The van der Waals surface area contributed by atoms with Crippen LogP contribution in [0.2, 0.25) is 5.04 Å². The maximum absolute atomic E-state index is 12.6. The van der Waals surface area contributed by atoms with Crippen LogP contribution in [0.25, 0.3) is 0 Å². The summed E-state index contributed by atoms with van der Waals surface area (Å²) in [4.78, 5) is 24.6. The molecule has 0 fully saturated rings. The molecule has 3 rings (SSSR count). The standard InChI is InChI=1S/C36H49NO4SSi/c1-27(25-34(39)40-8)24-32(42-23-22-33(38)37-35(2,3)4)28-16-15-17-29(26-28)41-43(36(5,6)7,30-18-11-9-12-19-30)31-20-13-10-14-21-31/h9-21,26-27,32H,22-25H2,1-8H3,(H,37,38). The third kappa shape index (κ3) is 9.73. The zero-order chi connectivity index (χ0) is 31.7. The molecule has 0 aliphatic heterocycles. The molecule has 2 unspecified atom stereocenters. The van der Waals surface area contributed by atoms with E-state index in [1.54, 1.807) is 11.8 Å². The molecule has 43 heavy (non-hydrogen) atoms. The number of thioether (sulfide) groups is 1. The normalized spacial score (nSPS) is 13.6. The van der Waals surface area contributed by atoms with Gasteiger partial charge >= 0.3 is 14.3 Å². The van der Waals surface area contributed by atoms with Crippen LogP contribution in [-0.4, -0.2) is 38.6 Å². The lowest BCUT2D eigenvalue weighted by Gasteiger charge is -2.43. The first-order valence-corrected chi connectivity index (χ1v) is 18.1. The van der Waals surface area contributed by atoms with Crippen molar-refractivity contribution in [3.63, 3.8) is 0 Å². The third-order valence-electron chi connectivity index (χ3n) is 7.44. The molecule has 0 saturated carbocycles. The minimum absolute atomic E-state index is 0.0464. The molecule has 1 amide bonds. The second-order valence-corrected chi connectivity index (χ2v) is 18.9. The molecule has 5 nitrogen and oxygen atoms in total. The van der Waals surface area contributed by atoms with Gasteiger partial charge in [0.2, 0.25) is 5.91 Å². The predicted octanol–water partition coefficient (Wildman–Crippen LogP) is 7.29. The van der Waals surface area contributed by atoms with Crippen LogP contribution < -0.4 is 20.1 Å². The Morgan fingerprint density at radius 2 is 1.44 bits per heavy atom. The smallest absolute Gasteiger partial charge is 0.319 e. The monoisotopic (exact) mass is 619 g/mol. The van der Waals surface area contributed by atoms with Gasteiger partial charge in [-0.3, -0.25) is 9.59 Å². The number of nitrogens with one attached hydrogen (secondary N) is 1. The Kier molecular flexibility index (Phi) is 12.1. The van der Waals surface area contributed by atoms with Gasteiger partial charge in [0.25, 0.3) is 0 Å². The number of ether oxygens (including phenoxy) is 1. The summed E-state index contributed by atoms with van der Waals surface area (Å²) < 4.78 is 12.2. The van der Waals surface area contributed by atoms with Crippen molar-refractivity contribution in [1.82, 2.24) is 5.32 Å². The van der Waals surface area contributed by atoms with Gasteiger partial charge in [0.05, 0.1) is 7.11 Å². The van der Waals surface area contributed by atoms with Gasteiger partial charge in [-0.2, -0.15) is 11.8 Å². The van der Waals surface area contributed by atoms with Gasteiger partial charge in [-0.25, -0.2) is 0 Å². The van der Waals surface area contributed by atoms with Crippen LogP contribution in [0.3, 0.4) is 0 Å². The number of methoxy groups -OCH3 is 1. The fourth-order valence-electron chi connectivity index (χ4n) is 5.50. The highest BCUT2D eigenvalue weighted by molar-refractivity contribution is 7.99. The minimum Gasteiger partial charge on any atom is -0.534 e. The molecular weight excluding hydrogens is 571 g/mol. The number of hydrogen-bond acceptors (Lipinski definition) is 5. The summed E-state index contributed by atoms with van der Waals surface area (Å²) in [6.45, 7) is 14.9. The quantitative estimate of drug-likeness (QED) is 0.161. The summed E-state index contributed by atoms with van der Waals surface area (Å²) in [5.41, 5.74) is 0.872. The van der Waals surface area contributed by atoms with E-state index in [0.29, 0.717) is 18.6 Å². The van der Waals surface area contributed by atoms with Gasteiger partial charge in [0.1, 0.15) is 5.75 Å². The van der Waals surface area contributed by atoms with Gasteiger partial charge in [0, 0.05) is 29.4 Å². The SMILES string of the molecule is COC(=O)CC(C)CC(SCCC(=O)NC(C)(C)C)c1cccc(O[Si](c2ccccc2)(c2ccccc2)C(C)(C)C)c1. The van der Waals surface area contributed by atoms with Gasteiger partial charge in [-0.15, -0.1) is 0 Å². The molecule has 0 bridgehead atoms. The van der Waals surface area contributed by atoms with Crippen molar-refractivity contribution in [2.75, 3.05) is 12.9 Å². The highest BCUT2D eigenvalue weighted by Gasteiger charge is 2.52. The number of carbonyl (C=O) groups is 2. The van der Waals surface area contributed by atoms with E-state index in [-0.39, 0.29) is 33.6 Å². The molecule has 2 atom stereocenters. The number of rotatable bonds is 13. The third-order valence-corrected chi connectivity index (χ3v) is 13.7. The zero-order valence-electron chi connectivity index (χ0n) is 27.1. The van der Waals surface area contributed by atoms with Crippen LogP contribution in [0, 0.1) is 5.92 Å². The van der Waals surface area contributed by atoms with E-state index >= 15 is 0 Å². The Balaban J connectivity index is 1.98. The highest BCUT2D eigenvalue weighted by atomic mass is 32.2. The predicted molar refractivity (Wildman–Crippen MR) is 183 cm³/mol. The first kappa shape index (κ1) is 34.5. The van der Waals surface area contributed by atoms with E-state index in [4.69, 9.17) is 9.16 Å². The van der Waals surface area contributed by atoms with Crippen molar-refractivity contribution in [3.8, 4) is 5.75 Å². The van der Waals surface area contributed by atoms with Gasteiger partial charge in [-0.1, -0.05) is 100 Å². The van der Waals surface area contributed by atoms with Crippen molar-refractivity contribution in [2.45, 2.75) is 83.6 Å². The van der Waals surface area contributed by atoms with Crippen LogP contribution in [-0.2, 0) is 14.3 Å². The first-order valence-electron chi connectivity index (χ1n) is 15.1. The molecule has 0 aliphatic rings. The molecular formula is C36H49NO4SSi. The molecule has 0 saturated heterocycles. The maximum Gasteiger partial charge on any atom is 0.319 e. The second-order valence-electron chi connectivity index (χ2n) is 13.4. The molecule has 0 aliphatic carbocycles. The van der Waals surface area contributed by atoms with E-state index in [9.17, 15) is 9.59 Å². The number of amides is 1. The Morgan fingerprint density at radius 1 is 0.860 bits per heavy atom. The molecule has 0 radical (unpaired) electrons. The van der Waals surface area contributed by atoms with Gasteiger partial charge < -0.3 is 14.5 Å². The summed E-state index contributed by atoms with van der Waals surface area (Å²) in [7, 11) is -1.36. The van der Waals surface area contributed by atoms with Crippen LogP contribution >= 0.6 is 11.8 Å². The molecule has 1 N–H and O–H groups in total. The average molecular weight is 620 g/mol. The molecule has 0 spiro atoms. The van der Waals surface area contributed by atoms with Crippen molar-refractivity contribution < 1.29 is 18.8 Å². The second kappa shape index (κ2) is 15.1. The fraction of sp³-hybridized carbons (Fsp3) is 0.444. The molecule has 3 aromatic rings. The number of carbonyl (C=O) groups excluding carboxylic acids is 2. The van der Waals surface area contributed by atoms with E-state index in [2.05, 4.69) is 118 Å². The van der Waals surface area contributed by atoms with Crippen LogP contribution in [0.1, 0.15) is 78.5 Å². The Bertz CT molecular complexity index is 1280. The van der Waals surface area contributed by atoms with Crippen LogP contribution in [0.15, 0.2) is 84.9 Å². The summed E-state index contributed by atoms with van der Waals surface area (Å²) in [5.74, 6) is 1.48. The summed E-state index contributed by atoms with van der Waals surface area (Å²) in [6.07, 6.45) is 1.57. The van der Waals surface area contributed by atoms with E-state index in [1.807, 2.05) is 20.8 Å². The van der Waals surface area contributed by atoms with Gasteiger partial charge in [0.15, 0.2) is 0 Å². The molecule has 232 valence electrons. The Hall–Kier alpha value is -3.03. The topological polar surface area (TPSA) is 64.6 Å².